The van der Waals surface area contributed by atoms with Gasteiger partial charge >= 0.3 is 0 Å². The lowest BCUT2D eigenvalue weighted by Gasteiger charge is -2.17. The van der Waals surface area contributed by atoms with Crippen LogP contribution in [0, 0.1) is 6.92 Å². The lowest BCUT2D eigenvalue weighted by molar-refractivity contribution is 0.663. The minimum atomic E-state index is -1.83. The highest BCUT2D eigenvalue weighted by atomic mass is 32.2. The fourth-order valence-electron chi connectivity index (χ4n) is 1.36. The van der Waals surface area contributed by atoms with Gasteiger partial charge in [0.25, 0.3) is 0 Å². The van der Waals surface area contributed by atoms with E-state index in [1.807, 2.05) is 31.2 Å². The molecular weight excluding hydrogens is 182 g/mol. The van der Waals surface area contributed by atoms with E-state index in [4.69, 9.17) is 0 Å². The van der Waals surface area contributed by atoms with Crippen molar-refractivity contribution in [2.45, 2.75) is 13.3 Å². The van der Waals surface area contributed by atoms with E-state index in [1.54, 1.807) is 0 Å². The molecule has 1 saturated heterocycles. The summed E-state index contributed by atoms with van der Waals surface area (Å²) in [6.45, 7) is 2.02. The van der Waals surface area contributed by atoms with E-state index in [9.17, 15) is 4.21 Å². The molecule has 1 fully saturated rings. The number of rotatable bonds is 1. The first-order valence-electron chi connectivity index (χ1n) is 4.47. The van der Waals surface area contributed by atoms with Gasteiger partial charge in [0.05, 0.1) is 15.4 Å². The molecule has 13 heavy (non-hydrogen) atoms. The first kappa shape index (κ1) is 8.75. The molecule has 2 nitrogen and oxygen atoms in total. The molecule has 1 aromatic rings. The zero-order chi connectivity index (χ0) is 9.31. The molecule has 0 aliphatic carbocycles. The summed E-state index contributed by atoms with van der Waals surface area (Å²) >= 11 is 0. The van der Waals surface area contributed by atoms with Crippen molar-refractivity contribution in [3.8, 4) is 0 Å². The van der Waals surface area contributed by atoms with Crippen molar-refractivity contribution >= 4 is 15.4 Å². The summed E-state index contributed by atoms with van der Waals surface area (Å²) in [6.07, 6.45) is 1.06. The van der Waals surface area contributed by atoms with Gasteiger partial charge in [-0.1, -0.05) is 12.1 Å². The van der Waals surface area contributed by atoms with Gasteiger partial charge in [-0.3, -0.25) is 0 Å². The second-order valence-electron chi connectivity index (χ2n) is 3.46. The standard InChI is InChI=1S/C10H13NOS/c1-9-4-2-5-10(8-9)11-13(12)6-3-7-13/h2,4-5,8H,3,6-7H2,1H3. The average Bonchev–Trinajstić information content (AvgIpc) is 2.01. The first-order valence-corrected chi connectivity index (χ1v) is 6.32. The Bertz CT molecular complexity index is 420. The van der Waals surface area contributed by atoms with Crippen LogP contribution in [0.4, 0.5) is 5.69 Å². The maximum absolute atomic E-state index is 11.8. The van der Waals surface area contributed by atoms with Gasteiger partial charge in [0, 0.05) is 11.5 Å². The molecule has 0 unspecified atom stereocenters. The van der Waals surface area contributed by atoms with Crippen LogP contribution in [0.3, 0.4) is 0 Å². The zero-order valence-corrected chi connectivity index (χ0v) is 8.51. The summed E-state index contributed by atoms with van der Waals surface area (Å²) in [5, 5.41) is 0. The summed E-state index contributed by atoms with van der Waals surface area (Å²) in [5.74, 6) is 1.56. The number of hydrogen-bond donors (Lipinski definition) is 0. The minimum Gasteiger partial charge on any atom is -0.249 e. The normalized spacial score (nSPS) is 19.2. The van der Waals surface area contributed by atoms with Crippen molar-refractivity contribution in [1.82, 2.24) is 0 Å². The highest BCUT2D eigenvalue weighted by molar-refractivity contribution is 7.95. The van der Waals surface area contributed by atoms with E-state index >= 15 is 0 Å². The van der Waals surface area contributed by atoms with E-state index in [1.165, 1.54) is 5.56 Å². The van der Waals surface area contributed by atoms with Crippen molar-refractivity contribution in [1.29, 1.82) is 0 Å². The number of benzene rings is 1. The molecule has 0 amide bonds. The van der Waals surface area contributed by atoms with Crippen molar-refractivity contribution in [2.24, 2.45) is 4.36 Å². The molecule has 1 heterocycles. The quantitative estimate of drug-likeness (QED) is 0.677. The zero-order valence-electron chi connectivity index (χ0n) is 7.69. The fraction of sp³-hybridized carbons (Fsp3) is 0.400. The lowest BCUT2D eigenvalue weighted by Crippen LogP contribution is -2.22. The fourth-order valence-corrected chi connectivity index (χ4v) is 2.82. The number of nitrogens with zero attached hydrogens (tertiary/aromatic N) is 1. The third-order valence-corrected chi connectivity index (χ3v) is 4.60. The molecule has 2 rings (SSSR count). The second kappa shape index (κ2) is 3.14. The van der Waals surface area contributed by atoms with Crippen molar-refractivity contribution < 1.29 is 4.21 Å². The Morgan fingerprint density at radius 1 is 1.38 bits per heavy atom. The van der Waals surface area contributed by atoms with Crippen molar-refractivity contribution in [3.05, 3.63) is 29.8 Å². The number of hydrogen-bond acceptors (Lipinski definition) is 2. The Morgan fingerprint density at radius 2 is 2.15 bits per heavy atom. The van der Waals surface area contributed by atoms with Crippen LogP contribution in [0.5, 0.6) is 0 Å². The Hall–Kier alpha value is -0.830. The average molecular weight is 195 g/mol. The van der Waals surface area contributed by atoms with Gasteiger partial charge in [-0.2, -0.15) is 4.36 Å². The third-order valence-electron chi connectivity index (χ3n) is 2.20. The van der Waals surface area contributed by atoms with Crippen LogP contribution in [-0.2, 0) is 9.73 Å². The van der Waals surface area contributed by atoms with Crippen LogP contribution in [0.2, 0.25) is 0 Å². The molecule has 0 radical (unpaired) electrons. The van der Waals surface area contributed by atoms with Crippen LogP contribution in [-0.4, -0.2) is 15.7 Å². The molecule has 0 bridgehead atoms. The molecule has 0 aromatic heterocycles. The maximum Gasteiger partial charge on any atom is 0.0732 e. The van der Waals surface area contributed by atoms with E-state index in [0.717, 1.165) is 23.6 Å². The molecule has 70 valence electrons. The first-order chi connectivity index (χ1) is 6.18. The minimum absolute atomic E-state index is 0.779. The van der Waals surface area contributed by atoms with Crippen molar-refractivity contribution in [3.63, 3.8) is 0 Å². The monoisotopic (exact) mass is 195 g/mol. The molecule has 3 heteroatoms. The van der Waals surface area contributed by atoms with Crippen LogP contribution >= 0.6 is 0 Å². The molecule has 1 aromatic carbocycles. The molecule has 1 aliphatic rings. The molecule has 1 aliphatic heterocycles. The predicted octanol–water partition coefficient (Wildman–Crippen LogP) is 2.50. The van der Waals surface area contributed by atoms with Gasteiger partial charge in [-0.25, -0.2) is 4.21 Å². The third kappa shape index (κ3) is 1.91. The van der Waals surface area contributed by atoms with E-state index in [2.05, 4.69) is 4.36 Å². The second-order valence-corrected chi connectivity index (χ2v) is 6.01. The maximum atomic E-state index is 11.8. The molecule has 0 N–H and O–H groups in total. The smallest absolute Gasteiger partial charge is 0.0732 e. The van der Waals surface area contributed by atoms with Crippen LogP contribution in [0.25, 0.3) is 0 Å². The molecule has 0 saturated carbocycles. The highest BCUT2D eigenvalue weighted by Crippen LogP contribution is 2.21. The van der Waals surface area contributed by atoms with Crippen LogP contribution in [0.15, 0.2) is 28.6 Å². The summed E-state index contributed by atoms with van der Waals surface area (Å²) in [5.41, 5.74) is 2.04. The SMILES string of the molecule is Cc1cccc(N=S2(=O)CCC2)c1. The predicted molar refractivity (Wildman–Crippen MR) is 55.8 cm³/mol. The Kier molecular flexibility index (Phi) is 2.12. The Balaban J connectivity index is 2.37. The van der Waals surface area contributed by atoms with Gasteiger partial charge in [-0.15, -0.1) is 0 Å². The summed E-state index contributed by atoms with van der Waals surface area (Å²) < 4.78 is 16.0. The van der Waals surface area contributed by atoms with Crippen LogP contribution in [0.1, 0.15) is 12.0 Å². The van der Waals surface area contributed by atoms with Gasteiger partial charge in [-0.05, 0) is 31.0 Å². The Morgan fingerprint density at radius 3 is 2.69 bits per heavy atom. The summed E-state index contributed by atoms with van der Waals surface area (Å²) in [7, 11) is -1.83. The van der Waals surface area contributed by atoms with Crippen LogP contribution < -0.4 is 0 Å². The number of aryl methyl sites for hydroxylation is 1. The van der Waals surface area contributed by atoms with Gasteiger partial charge < -0.3 is 0 Å². The summed E-state index contributed by atoms with van der Waals surface area (Å²) in [4.78, 5) is 0. The van der Waals surface area contributed by atoms with Gasteiger partial charge in [0.2, 0.25) is 0 Å². The summed E-state index contributed by atoms with van der Waals surface area (Å²) in [6, 6.07) is 7.87. The van der Waals surface area contributed by atoms with E-state index < -0.39 is 9.73 Å². The highest BCUT2D eigenvalue weighted by Gasteiger charge is 2.18. The van der Waals surface area contributed by atoms with Gasteiger partial charge in [0.15, 0.2) is 0 Å². The Labute approximate surface area is 79.2 Å². The molecule has 0 atom stereocenters. The van der Waals surface area contributed by atoms with Crippen molar-refractivity contribution in [2.75, 3.05) is 11.5 Å². The molecule has 0 spiro atoms. The lowest BCUT2D eigenvalue weighted by atomic mass is 10.2. The largest absolute Gasteiger partial charge is 0.249 e. The molecular formula is C10H13NOS. The van der Waals surface area contributed by atoms with Gasteiger partial charge in [0.1, 0.15) is 0 Å². The van der Waals surface area contributed by atoms with E-state index in [0.29, 0.717) is 0 Å². The van der Waals surface area contributed by atoms with E-state index in [-0.39, 0.29) is 0 Å². The topological polar surface area (TPSA) is 29.4 Å².